The Labute approximate surface area is 48.8 Å². The highest BCUT2D eigenvalue weighted by molar-refractivity contribution is 4.71. The second kappa shape index (κ2) is 4.61. The van der Waals surface area contributed by atoms with Crippen molar-refractivity contribution in [1.82, 2.24) is 0 Å². The van der Waals surface area contributed by atoms with Gasteiger partial charge in [-0.3, -0.25) is 5.73 Å². The molecular weight excluding hydrogens is 106 g/mol. The summed E-state index contributed by atoms with van der Waals surface area (Å²) < 4.78 is 4.72. The topological polar surface area (TPSA) is 55.5 Å². The standard InChI is InChI=1S/C5H11NO2/c1-5(6)8-4-2-3-7/h2,4-5,7H,3,6H2,1H3/b4-2-. The highest BCUT2D eigenvalue weighted by atomic mass is 16.5. The minimum Gasteiger partial charge on any atom is -0.484 e. The summed E-state index contributed by atoms with van der Waals surface area (Å²) in [5, 5.41) is 8.17. The number of aliphatic hydroxyl groups excluding tert-OH is 1. The number of aliphatic hydroxyl groups is 1. The van der Waals surface area contributed by atoms with Crippen LogP contribution in [-0.4, -0.2) is 17.9 Å². The van der Waals surface area contributed by atoms with Crippen LogP contribution in [0.1, 0.15) is 6.92 Å². The van der Waals surface area contributed by atoms with E-state index in [1.807, 2.05) is 0 Å². The molecule has 8 heavy (non-hydrogen) atoms. The molecule has 0 fully saturated rings. The first kappa shape index (κ1) is 7.46. The van der Waals surface area contributed by atoms with Gasteiger partial charge in [0.2, 0.25) is 0 Å². The highest BCUT2D eigenvalue weighted by Gasteiger charge is 1.82. The summed E-state index contributed by atoms with van der Waals surface area (Å²) in [6, 6.07) is 0. The van der Waals surface area contributed by atoms with Crippen LogP contribution in [0.3, 0.4) is 0 Å². The maximum Gasteiger partial charge on any atom is 0.143 e. The molecule has 0 heterocycles. The monoisotopic (exact) mass is 117 g/mol. The van der Waals surface area contributed by atoms with Gasteiger partial charge in [0, 0.05) is 0 Å². The zero-order valence-corrected chi connectivity index (χ0v) is 4.87. The number of hydrogen-bond acceptors (Lipinski definition) is 3. The second-order valence-electron chi connectivity index (χ2n) is 1.40. The van der Waals surface area contributed by atoms with Crippen molar-refractivity contribution in [2.24, 2.45) is 5.73 Å². The van der Waals surface area contributed by atoms with Crippen molar-refractivity contribution >= 4 is 0 Å². The van der Waals surface area contributed by atoms with Gasteiger partial charge < -0.3 is 9.84 Å². The molecule has 3 nitrogen and oxygen atoms in total. The van der Waals surface area contributed by atoms with Crippen LogP contribution in [0.5, 0.6) is 0 Å². The van der Waals surface area contributed by atoms with Crippen molar-refractivity contribution in [2.45, 2.75) is 13.2 Å². The molecule has 0 aliphatic heterocycles. The summed E-state index contributed by atoms with van der Waals surface area (Å²) >= 11 is 0. The summed E-state index contributed by atoms with van der Waals surface area (Å²) in [6.07, 6.45) is 2.56. The number of hydrogen-bond donors (Lipinski definition) is 2. The van der Waals surface area contributed by atoms with Crippen LogP contribution < -0.4 is 5.73 Å². The van der Waals surface area contributed by atoms with Gasteiger partial charge in [0.25, 0.3) is 0 Å². The molecule has 0 aromatic rings. The third kappa shape index (κ3) is 5.46. The Hall–Kier alpha value is -0.540. The first-order valence-electron chi connectivity index (χ1n) is 2.44. The predicted molar refractivity (Wildman–Crippen MR) is 31.0 cm³/mol. The quantitative estimate of drug-likeness (QED) is 0.398. The van der Waals surface area contributed by atoms with Crippen molar-refractivity contribution < 1.29 is 9.84 Å². The Kier molecular flexibility index (Phi) is 4.30. The maximum atomic E-state index is 8.17. The molecule has 0 amide bonds. The molecule has 0 aromatic heterocycles. The van der Waals surface area contributed by atoms with Gasteiger partial charge in [-0.2, -0.15) is 0 Å². The average molecular weight is 117 g/mol. The fourth-order valence-electron chi connectivity index (χ4n) is 0.223. The van der Waals surface area contributed by atoms with E-state index in [1.54, 1.807) is 6.92 Å². The molecule has 0 spiro atoms. The molecule has 1 atom stereocenters. The van der Waals surface area contributed by atoms with Gasteiger partial charge in [-0.05, 0) is 13.0 Å². The van der Waals surface area contributed by atoms with Gasteiger partial charge in [0.15, 0.2) is 0 Å². The van der Waals surface area contributed by atoms with E-state index in [9.17, 15) is 0 Å². The minimum atomic E-state index is -0.294. The molecule has 0 aliphatic carbocycles. The van der Waals surface area contributed by atoms with Gasteiger partial charge in [-0.1, -0.05) is 0 Å². The third-order valence-electron chi connectivity index (χ3n) is 0.495. The van der Waals surface area contributed by atoms with Crippen LogP contribution >= 0.6 is 0 Å². The fraction of sp³-hybridized carbons (Fsp3) is 0.600. The summed E-state index contributed by atoms with van der Waals surface area (Å²) in [4.78, 5) is 0. The number of ether oxygens (including phenoxy) is 1. The average Bonchev–Trinajstić information content (AvgIpc) is 1.66. The lowest BCUT2D eigenvalue weighted by Crippen LogP contribution is -2.15. The highest BCUT2D eigenvalue weighted by Crippen LogP contribution is 1.79. The van der Waals surface area contributed by atoms with Crippen LogP contribution in [0.2, 0.25) is 0 Å². The molecule has 0 saturated heterocycles. The first-order chi connectivity index (χ1) is 3.77. The fourth-order valence-corrected chi connectivity index (χ4v) is 0.223. The van der Waals surface area contributed by atoms with Crippen molar-refractivity contribution in [3.63, 3.8) is 0 Å². The largest absolute Gasteiger partial charge is 0.484 e. The maximum absolute atomic E-state index is 8.17. The summed E-state index contributed by atoms with van der Waals surface area (Å²) in [5.41, 5.74) is 5.18. The van der Waals surface area contributed by atoms with E-state index in [-0.39, 0.29) is 12.8 Å². The third-order valence-corrected chi connectivity index (χ3v) is 0.495. The van der Waals surface area contributed by atoms with E-state index in [2.05, 4.69) is 0 Å². The second-order valence-corrected chi connectivity index (χ2v) is 1.40. The van der Waals surface area contributed by atoms with Gasteiger partial charge in [-0.15, -0.1) is 0 Å². The van der Waals surface area contributed by atoms with E-state index in [0.717, 1.165) is 0 Å². The summed E-state index contributed by atoms with van der Waals surface area (Å²) in [6.45, 7) is 1.70. The molecule has 0 rings (SSSR count). The van der Waals surface area contributed by atoms with Gasteiger partial charge >= 0.3 is 0 Å². The summed E-state index contributed by atoms with van der Waals surface area (Å²) in [7, 11) is 0. The first-order valence-corrected chi connectivity index (χ1v) is 2.44. The van der Waals surface area contributed by atoms with Crippen molar-refractivity contribution in [3.05, 3.63) is 12.3 Å². The molecule has 0 aliphatic rings. The van der Waals surface area contributed by atoms with Crippen LogP contribution in [-0.2, 0) is 4.74 Å². The Morgan fingerprint density at radius 1 is 1.88 bits per heavy atom. The Bertz CT molecular complexity index is 70.8. The number of nitrogens with two attached hydrogens (primary N) is 1. The Morgan fingerprint density at radius 2 is 2.50 bits per heavy atom. The van der Waals surface area contributed by atoms with E-state index in [1.165, 1.54) is 12.3 Å². The zero-order valence-electron chi connectivity index (χ0n) is 4.87. The lowest BCUT2D eigenvalue weighted by Gasteiger charge is -2.01. The minimum absolute atomic E-state index is 0.00722. The van der Waals surface area contributed by atoms with Crippen LogP contribution in [0.4, 0.5) is 0 Å². The molecule has 3 heteroatoms. The molecule has 3 N–H and O–H groups in total. The van der Waals surface area contributed by atoms with E-state index >= 15 is 0 Å². The predicted octanol–water partition coefficient (Wildman–Crippen LogP) is -0.186. The van der Waals surface area contributed by atoms with Gasteiger partial charge in [0.05, 0.1) is 12.9 Å². The van der Waals surface area contributed by atoms with Crippen LogP contribution in [0, 0.1) is 0 Å². The zero-order chi connectivity index (χ0) is 6.41. The molecule has 0 radical (unpaired) electrons. The van der Waals surface area contributed by atoms with Gasteiger partial charge in [0.1, 0.15) is 6.23 Å². The van der Waals surface area contributed by atoms with Crippen LogP contribution in [0.15, 0.2) is 12.3 Å². The lowest BCUT2D eigenvalue weighted by atomic mass is 10.6. The SMILES string of the molecule is CC(N)O/C=C\CO. The smallest absolute Gasteiger partial charge is 0.143 e. The van der Waals surface area contributed by atoms with Crippen LogP contribution in [0.25, 0.3) is 0 Å². The molecule has 0 aromatic carbocycles. The normalized spacial score (nSPS) is 14.4. The van der Waals surface area contributed by atoms with Crippen molar-refractivity contribution in [3.8, 4) is 0 Å². The van der Waals surface area contributed by atoms with E-state index in [0.29, 0.717) is 0 Å². The molecule has 0 saturated carbocycles. The molecular formula is C5H11NO2. The van der Waals surface area contributed by atoms with E-state index in [4.69, 9.17) is 15.6 Å². The summed E-state index contributed by atoms with van der Waals surface area (Å²) in [5.74, 6) is 0. The van der Waals surface area contributed by atoms with Crippen molar-refractivity contribution in [1.29, 1.82) is 0 Å². The molecule has 0 bridgehead atoms. The van der Waals surface area contributed by atoms with E-state index < -0.39 is 0 Å². The molecule has 1 unspecified atom stereocenters. The van der Waals surface area contributed by atoms with Crippen molar-refractivity contribution in [2.75, 3.05) is 6.61 Å². The Balaban J connectivity index is 3.03. The lowest BCUT2D eigenvalue weighted by molar-refractivity contribution is 0.166. The molecule has 48 valence electrons. The Morgan fingerprint density at radius 3 is 2.88 bits per heavy atom. The van der Waals surface area contributed by atoms with Gasteiger partial charge in [-0.25, -0.2) is 0 Å². The number of rotatable bonds is 3.